The van der Waals surface area contributed by atoms with E-state index in [-0.39, 0.29) is 0 Å². The summed E-state index contributed by atoms with van der Waals surface area (Å²) in [5, 5.41) is 12.6. The Kier molecular flexibility index (Phi) is 5.27. The second-order valence-electron chi connectivity index (χ2n) is 7.17. The number of hydrogen-bond donors (Lipinski definition) is 0. The average molecular weight is 368 g/mol. The maximum Gasteiger partial charge on any atom is 0.191 e. The van der Waals surface area contributed by atoms with Crippen LogP contribution in [0.1, 0.15) is 44.0 Å². The molecule has 0 saturated carbocycles. The van der Waals surface area contributed by atoms with Gasteiger partial charge in [-0.3, -0.25) is 0 Å². The van der Waals surface area contributed by atoms with Crippen LogP contribution in [0.3, 0.4) is 0 Å². The molecule has 3 aromatic rings. The Balaban J connectivity index is 1.57. The summed E-state index contributed by atoms with van der Waals surface area (Å²) in [6.45, 7) is 6.09. The predicted octanol–water partition coefficient (Wildman–Crippen LogP) is 5.03. The molecule has 5 heteroatoms. The Morgan fingerprint density at radius 3 is 2.81 bits per heavy atom. The van der Waals surface area contributed by atoms with Crippen LogP contribution in [-0.2, 0) is 17.0 Å². The van der Waals surface area contributed by atoms with E-state index in [1.54, 1.807) is 11.8 Å². The van der Waals surface area contributed by atoms with Crippen LogP contribution in [0.5, 0.6) is 0 Å². The number of rotatable bonds is 6. The normalized spacial score (nSPS) is 17.4. The molecule has 0 spiro atoms. The molecule has 0 amide bonds. The highest BCUT2D eigenvalue weighted by Crippen LogP contribution is 2.29. The number of fused-ring (bicyclic) bond motifs is 1. The van der Waals surface area contributed by atoms with Crippen LogP contribution in [0.4, 0.5) is 0 Å². The van der Waals surface area contributed by atoms with Crippen molar-refractivity contribution in [3.8, 4) is 0 Å². The fraction of sp³-hybridized carbons (Fsp3) is 0.429. The third-order valence-corrected chi connectivity index (χ3v) is 5.92. The van der Waals surface area contributed by atoms with Crippen LogP contribution in [0, 0.1) is 0 Å². The minimum atomic E-state index is 0.292. The maximum absolute atomic E-state index is 5.85. The highest BCUT2D eigenvalue weighted by Gasteiger charge is 2.22. The number of aromatic nitrogens is 3. The zero-order chi connectivity index (χ0) is 17.9. The summed E-state index contributed by atoms with van der Waals surface area (Å²) in [6, 6.07) is 15.1. The second kappa shape index (κ2) is 7.80. The molecule has 2 aromatic carbocycles. The number of thioether (sulfide) groups is 1. The minimum Gasteiger partial charge on any atom is -0.376 e. The lowest BCUT2D eigenvalue weighted by Crippen LogP contribution is -2.18. The Morgan fingerprint density at radius 1 is 1.15 bits per heavy atom. The molecular formula is C21H25N3OS. The van der Waals surface area contributed by atoms with E-state index < -0.39 is 0 Å². The number of nitrogens with zero attached hydrogens (tertiary/aromatic N) is 3. The lowest BCUT2D eigenvalue weighted by Gasteiger charge is -2.16. The van der Waals surface area contributed by atoms with E-state index in [2.05, 4.69) is 71.1 Å². The van der Waals surface area contributed by atoms with E-state index in [1.165, 1.54) is 16.3 Å². The number of ether oxygens (including phenoxy) is 1. The third-order valence-electron chi connectivity index (χ3n) is 4.91. The lowest BCUT2D eigenvalue weighted by atomic mass is 10.1. The van der Waals surface area contributed by atoms with Crippen LogP contribution in [0.2, 0.25) is 0 Å². The summed E-state index contributed by atoms with van der Waals surface area (Å²) in [5.74, 6) is 2.31. The zero-order valence-electron chi connectivity index (χ0n) is 15.4. The van der Waals surface area contributed by atoms with Gasteiger partial charge in [0.05, 0.1) is 12.6 Å². The molecule has 26 heavy (non-hydrogen) atoms. The van der Waals surface area contributed by atoms with Crippen molar-refractivity contribution < 1.29 is 4.74 Å². The van der Waals surface area contributed by atoms with Crippen LogP contribution in [-0.4, -0.2) is 27.5 Å². The summed E-state index contributed by atoms with van der Waals surface area (Å²) < 4.78 is 8.13. The average Bonchev–Trinajstić information content (AvgIpc) is 3.30. The van der Waals surface area contributed by atoms with Gasteiger partial charge in [0.2, 0.25) is 0 Å². The molecule has 1 fully saturated rings. The van der Waals surface area contributed by atoms with Crippen molar-refractivity contribution in [1.29, 1.82) is 0 Å². The van der Waals surface area contributed by atoms with Crippen LogP contribution in [0.15, 0.2) is 47.6 Å². The molecule has 136 valence electrons. The summed E-state index contributed by atoms with van der Waals surface area (Å²) in [7, 11) is 0. The molecule has 2 heterocycles. The van der Waals surface area contributed by atoms with Crippen molar-refractivity contribution >= 4 is 22.5 Å². The Labute approximate surface area is 159 Å². The van der Waals surface area contributed by atoms with Gasteiger partial charge in [-0.2, -0.15) is 0 Å². The van der Waals surface area contributed by atoms with Crippen molar-refractivity contribution in [3.05, 3.63) is 53.9 Å². The molecule has 1 aliphatic heterocycles. The van der Waals surface area contributed by atoms with E-state index in [0.717, 1.165) is 42.7 Å². The fourth-order valence-corrected chi connectivity index (χ4v) is 4.52. The van der Waals surface area contributed by atoms with Gasteiger partial charge in [-0.1, -0.05) is 68.1 Å². The van der Waals surface area contributed by atoms with Crippen molar-refractivity contribution in [2.75, 3.05) is 6.61 Å². The highest BCUT2D eigenvalue weighted by atomic mass is 32.2. The standard InChI is InChI=1S/C21H25N3OS/c1-15(2)20-22-23-21(24(20)13-18-10-6-12-25-18)26-14-17-9-5-8-16-7-3-4-11-19(16)17/h3-5,7-9,11,15,18H,6,10,12-14H2,1-2H3. The minimum absolute atomic E-state index is 0.292. The Bertz CT molecular complexity index is 879. The monoisotopic (exact) mass is 367 g/mol. The molecule has 0 radical (unpaired) electrons. The van der Waals surface area contributed by atoms with E-state index in [9.17, 15) is 0 Å². The Hall–Kier alpha value is -1.85. The Morgan fingerprint density at radius 2 is 2.00 bits per heavy atom. The fourth-order valence-electron chi connectivity index (χ4n) is 3.56. The maximum atomic E-state index is 5.85. The van der Waals surface area contributed by atoms with Crippen molar-refractivity contribution in [3.63, 3.8) is 0 Å². The largest absolute Gasteiger partial charge is 0.376 e. The first-order chi connectivity index (χ1) is 12.7. The number of hydrogen-bond acceptors (Lipinski definition) is 4. The van der Waals surface area contributed by atoms with Gasteiger partial charge < -0.3 is 9.30 Å². The first kappa shape index (κ1) is 17.6. The van der Waals surface area contributed by atoms with E-state index in [4.69, 9.17) is 4.74 Å². The lowest BCUT2D eigenvalue weighted by molar-refractivity contribution is 0.0940. The molecular weight excluding hydrogens is 342 g/mol. The molecule has 0 aliphatic carbocycles. The molecule has 0 N–H and O–H groups in total. The van der Waals surface area contributed by atoms with Crippen molar-refractivity contribution in [1.82, 2.24) is 14.8 Å². The summed E-state index contributed by atoms with van der Waals surface area (Å²) in [4.78, 5) is 0. The quantitative estimate of drug-likeness (QED) is 0.573. The molecule has 1 saturated heterocycles. The summed E-state index contributed by atoms with van der Waals surface area (Å²) in [5.41, 5.74) is 1.34. The van der Waals surface area contributed by atoms with E-state index >= 15 is 0 Å². The summed E-state index contributed by atoms with van der Waals surface area (Å²) in [6.07, 6.45) is 2.58. The first-order valence-corrected chi connectivity index (χ1v) is 10.3. The van der Waals surface area contributed by atoms with Gasteiger partial charge in [-0.15, -0.1) is 10.2 Å². The smallest absolute Gasteiger partial charge is 0.191 e. The first-order valence-electron chi connectivity index (χ1n) is 9.36. The van der Waals surface area contributed by atoms with Gasteiger partial charge in [0.15, 0.2) is 5.16 Å². The highest BCUT2D eigenvalue weighted by molar-refractivity contribution is 7.98. The number of benzene rings is 2. The van der Waals surface area contributed by atoms with Gasteiger partial charge >= 0.3 is 0 Å². The van der Waals surface area contributed by atoms with Gasteiger partial charge in [-0.05, 0) is 29.2 Å². The second-order valence-corrected chi connectivity index (χ2v) is 8.11. The molecule has 1 aliphatic rings. The third kappa shape index (κ3) is 3.64. The molecule has 1 aromatic heterocycles. The predicted molar refractivity (Wildman–Crippen MR) is 107 cm³/mol. The van der Waals surface area contributed by atoms with Gasteiger partial charge in [0.1, 0.15) is 5.82 Å². The van der Waals surface area contributed by atoms with Gasteiger partial charge in [0, 0.05) is 18.3 Å². The van der Waals surface area contributed by atoms with Gasteiger partial charge in [-0.25, -0.2) is 0 Å². The molecule has 4 nitrogen and oxygen atoms in total. The van der Waals surface area contributed by atoms with E-state index in [1.807, 2.05) is 0 Å². The topological polar surface area (TPSA) is 39.9 Å². The van der Waals surface area contributed by atoms with E-state index in [0.29, 0.717) is 12.0 Å². The molecule has 4 rings (SSSR count). The van der Waals surface area contributed by atoms with Crippen LogP contribution in [0.25, 0.3) is 10.8 Å². The summed E-state index contributed by atoms with van der Waals surface area (Å²) >= 11 is 1.77. The van der Waals surface area contributed by atoms with Gasteiger partial charge in [0.25, 0.3) is 0 Å². The van der Waals surface area contributed by atoms with Crippen LogP contribution >= 0.6 is 11.8 Å². The van der Waals surface area contributed by atoms with Crippen molar-refractivity contribution in [2.24, 2.45) is 0 Å². The molecule has 1 unspecified atom stereocenters. The van der Waals surface area contributed by atoms with Crippen molar-refractivity contribution in [2.45, 2.75) is 56.2 Å². The SMILES string of the molecule is CC(C)c1nnc(SCc2cccc3ccccc23)n1CC1CCCO1. The van der Waals surface area contributed by atoms with Crippen LogP contribution < -0.4 is 0 Å². The molecule has 0 bridgehead atoms. The molecule has 1 atom stereocenters. The zero-order valence-corrected chi connectivity index (χ0v) is 16.2.